The second-order valence-electron chi connectivity index (χ2n) is 4.13. The van der Waals surface area contributed by atoms with E-state index in [0.29, 0.717) is 17.4 Å². The summed E-state index contributed by atoms with van der Waals surface area (Å²) in [5.41, 5.74) is 0.994. The van der Waals surface area contributed by atoms with Gasteiger partial charge < -0.3 is 10.6 Å². The third kappa shape index (κ3) is 3.22. The van der Waals surface area contributed by atoms with Crippen LogP contribution in [0.1, 0.15) is 5.56 Å². The SMILES string of the molecule is O=C(Cc1ccc(Cl)cc1)NCC1CNC1. The quantitative estimate of drug-likeness (QED) is 0.828. The van der Waals surface area contributed by atoms with Crippen molar-refractivity contribution in [1.82, 2.24) is 10.6 Å². The van der Waals surface area contributed by atoms with Gasteiger partial charge in [-0.05, 0) is 17.7 Å². The zero-order valence-electron chi connectivity index (χ0n) is 9.00. The predicted octanol–water partition coefficient (Wildman–Crippen LogP) is 1.22. The van der Waals surface area contributed by atoms with Gasteiger partial charge in [0.25, 0.3) is 0 Å². The summed E-state index contributed by atoms with van der Waals surface area (Å²) in [5, 5.41) is 6.81. The highest BCUT2D eigenvalue weighted by molar-refractivity contribution is 6.30. The first-order valence-corrected chi connectivity index (χ1v) is 5.83. The summed E-state index contributed by atoms with van der Waals surface area (Å²) in [4.78, 5) is 11.6. The molecule has 16 heavy (non-hydrogen) atoms. The molecular formula is C12H15ClN2O. The molecule has 1 saturated heterocycles. The van der Waals surface area contributed by atoms with Gasteiger partial charge in [0, 0.05) is 30.6 Å². The molecule has 3 nitrogen and oxygen atoms in total. The summed E-state index contributed by atoms with van der Waals surface area (Å²) in [6.45, 7) is 2.81. The van der Waals surface area contributed by atoms with Crippen LogP contribution in [0.15, 0.2) is 24.3 Å². The summed E-state index contributed by atoms with van der Waals surface area (Å²) in [6, 6.07) is 7.37. The minimum absolute atomic E-state index is 0.0780. The van der Waals surface area contributed by atoms with Gasteiger partial charge in [0.15, 0.2) is 0 Å². The number of carbonyl (C=O) groups is 1. The van der Waals surface area contributed by atoms with Crippen LogP contribution in [0.2, 0.25) is 5.02 Å². The van der Waals surface area contributed by atoms with Gasteiger partial charge in [0.2, 0.25) is 5.91 Å². The predicted molar refractivity (Wildman–Crippen MR) is 64.5 cm³/mol. The van der Waals surface area contributed by atoms with E-state index in [1.807, 2.05) is 12.1 Å². The van der Waals surface area contributed by atoms with Crippen LogP contribution in [0, 0.1) is 5.92 Å². The molecule has 1 fully saturated rings. The number of hydrogen-bond acceptors (Lipinski definition) is 2. The van der Waals surface area contributed by atoms with Gasteiger partial charge >= 0.3 is 0 Å². The van der Waals surface area contributed by atoms with E-state index in [0.717, 1.165) is 25.2 Å². The minimum atomic E-state index is 0.0780. The van der Waals surface area contributed by atoms with Crippen LogP contribution in [-0.4, -0.2) is 25.5 Å². The minimum Gasteiger partial charge on any atom is -0.355 e. The second-order valence-corrected chi connectivity index (χ2v) is 4.57. The average molecular weight is 239 g/mol. The number of halogens is 1. The number of nitrogens with one attached hydrogen (secondary N) is 2. The Morgan fingerprint density at radius 2 is 2.06 bits per heavy atom. The van der Waals surface area contributed by atoms with Crippen molar-refractivity contribution in [2.75, 3.05) is 19.6 Å². The molecule has 1 aliphatic heterocycles. The normalized spacial score (nSPS) is 15.6. The van der Waals surface area contributed by atoms with Crippen molar-refractivity contribution in [3.05, 3.63) is 34.9 Å². The van der Waals surface area contributed by atoms with Gasteiger partial charge in [0.05, 0.1) is 6.42 Å². The zero-order valence-corrected chi connectivity index (χ0v) is 9.76. The van der Waals surface area contributed by atoms with Gasteiger partial charge in [0.1, 0.15) is 0 Å². The fourth-order valence-corrected chi connectivity index (χ4v) is 1.73. The van der Waals surface area contributed by atoms with Crippen LogP contribution < -0.4 is 10.6 Å². The summed E-state index contributed by atoms with van der Waals surface area (Å²) in [6.07, 6.45) is 0.428. The molecule has 0 aliphatic carbocycles. The third-order valence-electron chi connectivity index (χ3n) is 2.73. The maximum atomic E-state index is 11.6. The van der Waals surface area contributed by atoms with Crippen molar-refractivity contribution in [3.8, 4) is 0 Å². The number of hydrogen-bond donors (Lipinski definition) is 2. The number of benzene rings is 1. The average Bonchev–Trinajstić information content (AvgIpc) is 2.19. The molecule has 1 aromatic carbocycles. The molecule has 0 bridgehead atoms. The van der Waals surface area contributed by atoms with Gasteiger partial charge in [-0.15, -0.1) is 0 Å². The number of carbonyl (C=O) groups excluding carboxylic acids is 1. The highest BCUT2D eigenvalue weighted by atomic mass is 35.5. The molecule has 4 heteroatoms. The molecule has 1 amide bonds. The molecule has 2 N–H and O–H groups in total. The molecule has 0 spiro atoms. The summed E-state index contributed by atoms with van der Waals surface area (Å²) in [7, 11) is 0. The molecule has 2 rings (SSSR count). The van der Waals surface area contributed by atoms with Gasteiger partial charge in [-0.2, -0.15) is 0 Å². The molecule has 0 saturated carbocycles. The van der Waals surface area contributed by atoms with Crippen LogP contribution in [0.4, 0.5) is 0 Å². The lowest BCUT2D eigenvalue weighted by Crippen LogP contribution is -2.48. The third-order valence-corrected chi connectivity index (χ3v) is 2.98. The van der Waals surface area contributed by atoms with Crippen molar-refractivity contribution < 1.29 is 4.79 Å². The summed E-state index contributed by atoms with van der Waals surface area (Å²) >= 11 is 5.77. The summed E-state index contributed by atoms with van der Waals surface area (Å²) in [5.74, 6) is 0.684. The van der Waals surface area contributed by atoms with Crippen molar-refractivity contribution in [3.63, 3.8) is 0 Å². The Morgan fingerprint density at radius 3 is 2.62 bits per heavy atom. The Labute approximate surface area is 100 Å². The maximum absolute atomic E-state index is 11.6. The maximum Gasteiger partial charge on any atom is 0.224 e. The van der Waals surface area contributed by atoms with E-state index in [1.54, 1.807) is 12.1 Å². The van der Waals surface area contributed by atoms with Crippen molar-refractivity contribution in [2.24, 2.45) is 5.92 Å². The van der Waals surface area contributed by atoms with Crippen LogP contribution >= 0.6 is 11.6 Å². The first kappa shape index (κ1) is 11.4. The van der Waals surface area contributed by atoms with E-state index in [-0.39, 0.29) is 5.91 Å². The topological polar surface area (TPSA) is 41.1 Å². The largest absolute Gasteiger partial charge is 0.355 e. The van der Waals surface area contributed by atoms with Crippen molar-refractivity contribution in [1.29, 1.82) is 0 Å². The van der Waals surface area contributed by atoms with E-state index in [9.17, 15) is 4.79 Å². The van der Waals surface area contributed by atoms with Gasteiger partial charge in [-0.1, -0.05) is 23.7 Å². The lowest BCUT2D eigenvalue weighted by molar-refractivity contribution is -0.120. The molecule has 0 radical (unpaired) electrons. The Hall–Kier alpha value is -1.06. The first-order valence-electron chi connectivity index (χ1n) is 5.46. The molecule has 86 valence electrons. The van der Waals surface area contributed by atoms with E-state index in [2.05, 4.69) is 10.6 Å². The van der Waals surface area contributed by atoms with E-state index in [1.165, 1.54) is 0 Å². The number of amides is 1. The molecule has 1 heterocycles. The molecular weight excluding hydrogens is 224 g/mol. The Bertz CT molecular complexity index is 360. The van der Waals surface area contributed by atoms with Crippen LogP contribution in [-0.2, 0) is 11.2 Å². The fraction of sp³-hybridized carbons (Fsp3) is 0.417. The van der Waals surface area contributed by atoms with E-state index >= 15 is 0 Å². The lowest BCUT2D eigenvalue weighted by Gasteiger charge is -2.27. The first-order chi connectivity index (χ1) is 7.74. The Kier molecular flexibility index (Phi) is 3.80. The monoisotopic (exact) mass is 238 g/mol. The molecule has 0 unspecified atom stereocenters. The lowest BCUT2D eigenvalue weighted by atomic mass is 10.0. The molecule has 0 atom stereocenters. The van der Waals surface area contributed by atoms with Crippen LogP contribution in [0.25, 0.3) is 0 Å². The fourth-order valence-electron chi connectivity index (χ4n) is 1.60. The number of rotatable bonds is 4. The van der Waals surface area contributed by atoms with Gasteiger partial charge in [-0.3, -0.25) is 4.79 Å². The molecule has 1 aliphatic rings. The summed E-state index contributed by atoms with van der Waals surface area (Å²) < 4.78 is 0. The Balaban J connectivity index is 1.75. The highest BCUT2D eigenvalue weighted by Crippen LogP contribution is 2.09. The smallest absolute Gasteiger partial charge is 0.224 e. The van der Waals surface area contributed by atoms with Crippen LogP contribution in [0.5, 0.6) is 0 Å². The highest BCUT2D eigenvalue weighted by Gasteiger charge is 2.16. The van der Waals surface area contributed by atoms with Crippen LogP contribution in [0.3, 0.4) is 0 Å². The molecule has 0 aromatic heterocycles. The standard InChI is InChI=1S/C12H15ClN2O/c13-11-3-1-9(2-4-11)5-12(16)15-8-10-6-14-7-10/h1-4,10,14H,5-8H2,(H,15,16). The second kappa shape index (κ2) is 5.32. The molecule has 1 aromatic rings. The Morgan fingerprint density at radius 1 is 1.38 bits per heavy atom. The van der Waals surface area contributed by atoms with E-state index in [4.69, 9.17) is 11.6 Å². The van der Waals surface area contributed by atoms with Crippen molar-refractivity contribution >= 4 is 17.5 Å². The van der Waals surface area contributed by atoms with Gasteiger partial charge in [-0.25, -0.2) is 0 Å². The zero-order chi connectivity index (χ0) is 11.4. The van der Waals surface area contributed by atoms with Crippen molar-refractivity contribution in [2.45, 2.75) is 6.42 Å². The van der Waals surface area contributed by atoms with E-state index < -0.39 is 0 Å².